The molecule has 4 nitrogen and oxygen atoms in total. The number of nitrogens with one attached hydrogen (secondary N) is 1. The van der Waals surface area contributed by atoms with E-state index in [0.717, 1.165) is 4.90 Å². The summed E-state index contributed by atoms with van der Waals surface area (Å²) < 4.78 is 34.4. The molecule has 0 spiro atoms. The van der Waals surface area contributed by atoms with E-state index in [0.29, 0.717) is 11.3 Å². The summed E-state index contributed by atoms with van der Waals surface area (Å²) >= 11 is 4.13. The van der Waals surface area contributed by atoms with E-state index in [-0.39, 0.29) is 17.4 Å². The van der Waals surface area contributed by atoms with E-state index in [1.807, 2.05) is 0 Å². The number of benzene rings is 2. The largest absolute Gasteiger partial charge is 0.586 e. The molecule has 0 saturated carbocycles. The van der Waals surface area contributed by atoms with Gasteiger partial charge in [-0.05, 0) is 36.4 Å². The highest BCUT2D eigenvalue weighted by atomic mass is 32.1. The molecule has 0 aliphatic carbocycles. The monoisotopic (exact) mass is 309 g/mol. The number of fused-ring (bicyclic) bond motifs is 1. The van der Waals surface area contributed by atoms with E-state index < -0.39 is 6.29 Å². The first-order valence-electron chi connectivity index (χ1n) is 5.93. The molecule has 0 bridgehead atoms. The second-order valence-electron chi connectivity index (χ2n) is 4.33. The number of thiol groups is 1. The maximum absolute atomic E-state index is 12.9. The first kappa shape index (κ1) is 13.7. The lowest BCUT2D eigenvalue weighted by molar-refractivity contribution is -0.286. The van der Waals surface area contributed by atoms with Crippen LogP contribution in [0.3, 0.4) is 0 Å². The summed E-state index contributed by atoms with van der Waals surface area (Å²) in [4.78, 5) is 12.7. The minimum Gasteiger partial charge on any atom is -0.395 e. The molecule has 0 unspecified atom stereocenters. The van der Waals surface area contributed by atoms with E-state index in [1.165, 1.54) is 18.2 Å². The van der Waals surface area contributed by atoms with Crippen molar-refractivity contribution in [2.45, 2.75) is 11.2 Å². The fourth-order valence-electron chi connectivity index (χ4n) is 1.84. The molecule has 0 fully saturated rings. The molecule has 1 heterocycles. The van der Waals surface area contributed by atoms with Crippen LogP contribution in [0.15, 0.2) is 47.4 Å². The number of carbonyl (C=O) groups is 1. The molecular formula is C14H9F2NO3S. The maximum atomic E-state index is 12.9. The average molecular weight is 309 g/mol. The molecule has 0 radical (unpaired) electrons. The van der Waals surface area contributed by atoms with Crippen LogP contribution in [-0.4, -0.2) is 12.2 Å². The summed E-state index contributed by atoms with van der Waals surface area (Å²) in [6.45, 7) is 0. The SMILES string of the molecule is O=C(Nc1ccc2c(c1)OC(F)(F)O2)c1ccc(S)cc1. The van der Waals surface area contributed by atoms with Crippen molar-refractivity contribution in [1.82, 2.24) is 0 Å². The van der Waals surface area contributed by atoms with Crippen molar-refractivity contribution >= 4 is 24.2 Å². The zero-order valence-electron chi connectivity index (χ0n) is 10.5. The maximum Gasteiger partial charge on any atom is 0.586 e. The van der Waals surface area contributed by atoms with Crippen LogP contribution in [0.2, 0.25) is 0 Å². The van der Waals surface area contributed by atoms with E-state index in [1.54, 1.807) is 24.3 Å². The van der Waals surface area contributed by atoms with Gasteiger partial charge in [0.25, 0.3) is 5.91 Å². The van der Waals surface area contributed by atoms with Crippen LogP contribution < -0.4 is 14.8 Å². The molecule has 1 aliphatic rings. The van der Waals surface area contributed by atoms with Gasteiger partial charge in [-0.3, -0.25) is 4.79 Å². The molecule has 0 atom stereocenters. The molecule has 3 rings (SSSR count). The Morgan fingerprint density at radius 3 is 2.43 bits per heavy atom. The van der Waals surface area contributed by atoms with Crippen molar-refractivity contribution in [2.24, 2.45) is 0 Å². The van der Waals surface area contributed by atoms with E-state index in [9.17, 15) is 13.6 Å². The molecule has 0 saturated heterocycles. The third-order valence-corrected chi connectivity index (χ3v) is 3.09. The van der Waals surface area contributed by atoms with Crippen molar-refractivity contribution < 1.29 is 23.0 Å². The summed E-state index contributed by atoms with van der Waals surface area (Å²) in [5.74, 6) is -0.560. The van der Waals surface area contributed by atoms with Gasteiger partial charge in [0.1, 0.15) is 0 Å². The number of rotatable bonds is 2. The van der Waals surface area contributed by atoms with Gasteiger partial charge in [-0.2, -0.15) is 0 Å². The molecular weight excluding hydrogens is 300 g/mol. The van der Waals surface area contributed by atoms with Crippen LogP contribution in [0, 0.1) is 0 Å². The third kappa shape index (κ3) is 2.92. The second-order valence-corrected chi connectivity index (χ2v) is 4.85. The van der Waals surface area contributed by atoms with Gasteiger partial charge in [-0.15, -0.1) is 21.4 Å². The van der Waals surface area contributed by atoms with Gasteiger partial charge in [-0.1, -0.05) is 0 Å². The Hall–Kier alpha value is -2.28. The van der Waals surface area contributed by atoms with Crippen LogP contribution in [0.4, 0.5) is 14.5 Å². The summed E-state index contributed by atoms with van der Waals surface area (Å²) in [5.41, 5.74) is 0.755. The van der Waals surface area contributed by atoms with Crippen LogP contribution >= 0.6 is 12.6 Å². The fraction of sp³-hybridized carbons (Fsp3) is 0.0714. The summed E-state index contributed by atoms with van der Waals surface area (Å²) in [7, 11) is 0. The minimum absolute atomic E-state index is 0.0718. The Balaban J connectivity index is 1.77. The fourth-order valence-corrected chi connectivity index (χ4v) is 1.99. The number of halogens is 2. The topological polar surface area (TPSA) is 47.6 Å². The number of hydrogen-bond acceptors (Lipinski definition) is 4. The zero-order chi connectivity index (χ0) is 15.0. The molecule has 2 aromatic rings. The van der Waals surface area contributed by atoms with E-state index >= 15 is 0 Å². The first-order chi connectivity index (χ1) is 9.93. The Labute approximate surface area is 124 Å². The van der Waals surface area contributed by atoms with Crippen molar-refractivity contribution in [3.05, 3.63) is 48.0 Å². The van der Waals surface area contributed by atoms with Crippen molar-refractivity contribution in [2.75, 3.05) is 5.32 Å². The molecule has 1 aliphatic heterocycles. The number of amides is 1. The molecule has 7 heteroatoms. The molecule has 2 aromatic carbocycles. The lowest BCUT2D eigenvalue weighted by Crippen LogP contribution is -2.25. The van der Waals surface area contributed by atoms with Gasteiger partial charge in [0.2, 0.25) is 0 Å². The molecule has 108 valence electrons. The van der Waals surface area contributed by atoms with Gasteiger partial charge in [0.05, 0.1) is 0 Å². The van der Waals surface area contributed by atoms with Crippen molar-refractivity contribution in [3.8, 4) is 11.5 Å². The lowest BCUT2D eigenvalue weighted by atomic mass is 10.2. The predicted molar refractivity (Wildman–Crippen MR) is 74.3 cm³/mol. The Morgan fingerprint density at radius 2 is 1.71 bits per heavy atom. The predicted octanol–water partition coefficient (Wildman–Crippen LogP) is 3.55. The number of ether oxygens (including phenoxy) is 2. The van der Waals surface area contributed by atoms with Crippen LogP contribution in [0.1, 0.15) is 10.4 Å². The van der Waals surface area contributed by atoms with Crippen LogP contribution in [0.5, 0.6) is 11.5 Å². The van der Waals surface area contributed by atoms with Crippen molar-refractivity contribution in [1.29, 1.82) is 0 Å². The standard InChI is InChI=1S/C14H9F2NO3S/c15-14(16)19-11-6-3-9(7-12(11)20-14)17-13(18)8-1-4-10(21)5-2-8/h1-7,21H,(H,17,18). The summed E-state index contributed by atoms with van der Waals surface area (Å²) in [5, 5.41) is 2.59. The van der Waals surface area contributed by atoms with Gasteiger partial charge in [0, 0.05) is 22.2 Å². The van der Waals surface area contributed by atoms with Gasteiger partial charge < -0.3 is 14.8 Å². The quantitative estimate of drug-likeness (QED) is 0.834. The molecule has 1 N–H and O–H groups in total. The Morgan fingerprint density at radius 1 is 1.05 bits per heavy atom. The molecule has 1 amide bonds. The third-order valence-electron chi connectivity index (χ3n) is 2.79. The lowest BCUT2D eigenvalue weighted by Gasteiger charge is -2.06. The highest BCUT2D eigenvalue weighted by Crippen LogP contribution is 2.42. The van der Waals surface area contributed by atoms with Crippen LogP contribution in [0.25, 0.3) is 0 Å². The Bertz CT molecular complexity index is 704. The number of hydrogen-bond donors (Lipinski definition) is 2. The number of alkyl halides is 2. The van der Waals surface area contributed by atoms with Gasteiger partial charge >= 0.3 is 6.29 Å². The summed E-state index contributed by atoms with van der Waals surface area (Å²) in [6, 6.07) is 10.6. The molecule has 0 aromatic heterocycles. The number of anilines is 1. The average Bonchev–Trinajstić information content (AvgIpc) is 2.72. The summed E-state index contributed by atoms with van der Waals surface area (Å²) in [6.07, 6.45) is -3.67. The normalized spacial score (nSPS) is 14.8. The number of carbonyl (C=O) groups excluding carboxylic acids is 1. The first-order valence-corrected chi connectivity index (χ1v) is 6.38. The zero-order valence-corrected chi connectivity index (χ0v) is 11.4. The van der Waals surface area contributed by atoms with Gasteiger partial charge in [-0.25, -0.2) is 0 Å². The second kappa shape index (κ2) is 4.92. The smallest absolute Gasteiger partial charge is 0.395 e. The molecule has 21 heavy (non-hydrogen) atoms. The minimum atomic E-state index is -3.67. The van der Waals surface area contributed by atoms with Crippen LogP contribution in [-0.2, 0) is 0 Å². The highest BCUT2D eigenvalue weighted by Gasteiger charge is 2.43. The van der Waals surface area contributed by atoms with E-state index in [2.05, 4.69) is 27.4 Å². The van der Waals surface area contributed by atoms with Crippen molar-refractivity contribution in [3.63, 3.8) is 0 Å². The Kier molecular flexibility index (Phi) is 3.21. The van der Waals surface area contributed by atoms with E-state index in [4.69, 9.17) is 0 Å². The highest BCUT2D eigenvalue weighted by molar-refractivity contribution is 7.80. The van der Waals surface area contributed by atoms with Gasteiger partial charge in [0.15, 0.2) is 11.5 Å².